The Hall–Kier alpha value is -3.05. The number of ether oxygens (including phenoxy) is 3. The summed E-state index contributed by atoms with van der Waals surface area (Å²) in [6.07, 6.45) is 0.545. The number of rotatable bonds is 8. The second kappa shape index (κ2) is 9.44. The maximum atomic E-state index is 11.8. The minimum Gasteiger partial charge on any atom is -0.497 e. The standard InChI is InChI=1S/C18H18N2O5S/c1-23-14-7-12(8-15(9-14)24-2)3-4-17(22)25-11-16(21)20-18-13(10-19)5-6-26-18/h5-9H,3-4,11H2,1-2H3,(H,20,21). The lowest BCUT2D eigenvalue weighted by Gasteiger charge is -2.09. The predicted molar refractivity (Wildman–Crippen MR) is 96.5 cm³/mol. The van der Waals surface area contributed by atoms with Gasteiger partial charge in [0.1, 0.15) is 22.6 Å². The van der Waals surface area contributed by atoms with Crippen LogP contribution in [0.3, 0.4) is 0 Å². The van der Waals surface area contributed by atoms with Crippen LogP contribution in [0.5, 0.6) is 11.5 Å². The van der Waals surface area contributed by atoms with Gasteiger partial charge in [-0.2, -0.15) is 5.26 Å². The van der Waals surface area contributed by atoms with Crippen LogP contribution in [0.4, 0.5) is 5.00 Å². The van der Waals surface area contributed by atoms with Gasteiger partial charge in [0.05, 0.1) is 19.8 Å². The monoisotopic (exact) mass is 374 g/mol. The number of nitrogens with one attached hydrogen (secondary N) is 1. The van der Waals surface area contributed by atoms with Crippen LogP contribution in [0.15, 0.2) is 29.6 Å². The third kappa shape index (κ3) is 5.50. The highest BCUT2D eigenvalue weighted by atomic mass is 32.1. The van der Waals surface area contributed by atoms with Crippen LogP contribution in [-0.4, -0.2) is 32.7 Å². The summed E-state index contributed by atoms with van der Waals surface area (Å²) >= 11 is 1.23. The van der Waals surface area contributed by atoms with Crippen LogP contribution in [0.25, 0.3) is 0 Å². The number of anilines is 1. The topological polar surface area (TPSA) is 97.6 Å². The van der Waals surface area contributed by atoms with Gasteiger partial charge in [0.2, 0.25) is 0 Å². The second-order valence-electron chi connectivity index (χ2n) is 5.20. The van der Waals surface area contributed by atoms with E-state index in [0.29, 0.717) is 28.5 Å². The van der Waals surface area contributed by atoms with E-state index in [1.165, 1.54) is 11.3 Å². The first-order valence-electron chi connectivity index (χ1n) is 7.70. The predicted octanol–water partition coefficient (Wildman–Crippen LogP) is 2.75. The third-order valence-electron chi connectivity index (χ3n) is 3.43. The minimum atomic E-state index is -0.492. The first-order valence-corrected chi connectivity index (χ1v) is 8.58. The maximum absolute atomic E-state index is 11.8. The van der Waals surface area contributed by atoms with Gasteiger partial charge in [0, 0.05) is 12.5 Å². The number of thiophene rings is 1. The number of carbonyl (C=O) groups is 2. The van der Waals surface area contributed by atoms with Crippen LogP contribution in [0.2, 0.25) is 0 Å². The summed E-state index contributed by atoms with van der Waals surface area (Å²) in [4.78, 5) is 23.6. The molecule has 7 nitrogen and oxygen atoms in total. The van der Waals surface area contributed by atoms with Crippen molar-refractivity contribution < 1.29 is 23.8 Å². The van der Waals surface area contributed by atoms with Gasteiger partial charge in [-0.15, -0.1) is 11.3 Å². The molecular weight excluding hydrogens is 356 g/mol. The van der Waals surface area contributed by atoms with Crippen LogP contribution in [-0.2, 0) is 20.7 Å². The number of carbonyl (C=O) groups excluding carboxylic acids is 2. The van der Waals surface area contributed by atoms with E-state index in [2.05, 4.69) is 5.32 Å². The quantitative estimate of drug-likeness (QED) is 0.714. The molecule has 0 fully saturated rings. The lowest BCUT2D eigenvalue weighted by Crippen LogP contribution is -2.20. The molecule has 2 rings (SSSR count). The Bertz CT molecular complexity index is 803. The largest absolute Gasteiger partial charge is 0.497 e. The molecule has 1 aromatic carbocycles. The number of amides is 1. The van der Waals surface area contributed by atoms with Crippen molar-refractivity contribution in [2.75, 3.05) is 26.1 Å². The normalized spacial score (nSPS) is 9.88. The van der Waals surface area contributed by atoms with Gasteiger partial charge in [-0.1, -0.05) is 0 Å². The number of nitriles is 1. The Labute approximate surface area is 155 Å². The molecule has 8 heteroatoms. The van der Waals surface area contributed by atoms with Crippen molar-refractivity contribution in [3.63, 3.8) is 0 Å². The molecule has 0 saturated heterocycles. The van der Waals surface area contributed by atoms with E-state index in [4.69, 9.17) is 19.5 Å². The van der Waals surface area contributed by atoms with Crippen LogP contribution < -0.4 is 14.8 Å². The van der Waals surface area contributed by atoms with Gasteiger partial charge >= 0.3 is 5.97 Å². The van der Waals surface area contributed by atoms with E-state index < -0.39 is 18.5 Å². The smallest absolute Gasteiger partial charge is 0.306 e. The van der Waals surface area contributed by atoms with E-state index in [1.807, 2.05) is 18.2 Å². The minimum absolute atomic E-state index is 0.117. The summed E-state index contributed by atoms with van der Waals surface area (Å²) < 4.78 is 15.3. The number of benzene rings is 1. The first kappa shape index (κ1) is 19.3. The highest BCUT2D eigenvalue weighted by Crippen LogP contribution is 2.23. The fourth-order valence-corrected chi connectivity index (χ4v) is 2.89. The van der Waals surface area contributed by atoms with Gasteiger partial charge in [-0.3, -0.25) is 9.59 Å². The summed E-state index contributed by atoms with van der Waals surface area (Å²) in [5.41, 5.74) is 1.24. The zero-order chi connectivity index (χ0) is 18.9. The SMILES string of the molecule is COc1cc(CCC(=O)OCC(=O)Nc2sccc2C#N)cc(OC)c1. The summed E-state index contributed by atoms with van der Waals surface area (Å²) in [6.45, 7) is -0.400. The Morgan fingerprint density at radius 1 is 1.19 bits per heavy atom. The highest BCUT2D eigenvalue weighted by molar-refractivity contribution is 7.14. The molecule has 0 aliphatic rings. The van der Waals surface area contributed by atoms with E-state index in [0.717, 1.165) is 5.56 Å². The second-order valence-corrected chi connectivity index (χ2v) is 6.12. The molecule has 0 spiro atoms. The van der Waals surface area contributed by atoms with Gasteiger partial charge in [-0.05, 0) is 35.6 Å². The number of aryl methyl sites for hydroxylation is 1. The third-order valence-corrected chi connectivity index (χ3v) is 4.26. The summed E-state index contributed by atoms with van der Waals surface area (Å²) in [7, 11) is 3.10. The Kier molecular flexibility index (Phi) is 7.00. The molecule has 0 unspecified atom stereocenters. The fraction of sp³-hybridized carbons (Fsp3) is 0.278. The van der Waals surface area contributed by atoms with Gasteiger partial charge in [-0.25, -0.2) is 0 Å². The van der Waals surface area contributed by atoms with Gasteiger partial charge in [0.15, 0.2) is 6.61 Å². The molecular formula is C18H18N2O5S. The zero-order valence-electron chi connectivity index (χ0n) is 14.4. The molecule has 0 atom stereocenters. The molecule has 1 amide bonds. The number of methoxy groups -OCH3 is 2. The lowest BCUT2D eigenvalue weighted by molar-refractivity contribution is -0.147. The molecule has 0 radical (unpaired) electrons. The van der Waals surface area contributed by atoms with Crippen molar-refractivity contribution >= 4 is 28.2 Å². The van der Waals surface area contributed by atoms with Crippen molar-refractivity contribution in [3.05, 3.63) is 40.8 Å². The molecule has 0 aliphatic heterocycles. The van der Waals surface area contributed by atoms with Crippen LogP contribution in [0.1, 0.15) is 17.5 Å². The molecule has 2 aromatic rings. The Morgan fingerprint density at radius 2 is 1.88 bits per heavy atom. The number of esters is 1. The number of hydrogen-bond acceptors (Lipinski definition) is 7. The van der Waals surface area contributed by atoms with E-state index in [1.54, 1.807) is 31.7 Å². The van der Waals surface area contributed by atoms with E-state index >= 15 is 0 Å². The average Bonchev–Trinajstić information content (AvgIpc) is 3.11. The number of hydrogen-bond donors (Lipinski definition) is 1. The van der Waals surface area contributed by atoms with Crippen LogP contribution in [0, 0.1) is 11.3 Å². The molecule has 0 aliphatic carbocycles. The molecule has 0 bridgehead atoms. The summed E-state index contributed by atoms with van der Waals surface area (Å²) in [6, 6.07) is 8.94. The van der Waals surface area contributed by atoms with Crippen molar-refractivity contribution in [3.8, 4) is 17.6 Å². The van der Waals surface area contributed by atoms with Crippen molar-refractivity contribution in [2.24, 2.45) is 0 Å². The molecule has 136 valence electrons. The number of nitrogens with zero attached hydrogens (tertiary/aromatic N) is 1. The average molecular weight is 374 g/mol. The molecule has 1 N–H and O–H groups in total. The fourth-order valence-electron chi connectivity index (χ4n) is 2.13. The molecule has 1 heterocycles. The van der Waals surface area contributed by atoms with Gasteiger partial charge in [0.25, 0.3) is 5.91 Å². The molecule has 1 aromatic heterocycles. The van der Waals surface area contributed by atoms with E-state index in [9.17, 15) is 9.59 Å². The van der Waals surface area contributed by atoms with Crippen molar-refractivity contribution in [2.45, 2.75) is 12.8 Å². The van der Waals surface area contributed by atoms with Crippen LogP contribution >= 0.6 is 11.3 Å². The maximum Gasteiger partial charge on any atom is 0.306 e. The molecule has 0 saturated carbocycles. The Balaban J connectivity index is 1.80. The molecule has 26 heavy (non-hydrogen) atoms. The zero-order valence-corrected chi connectivity index (χ0v) is 15.2. The van der Waals surface area contributed by atoms with Gasteiger partial charge < -0.3 is 19.5 Å². The first-order chi connectivity index (χ1) is 12.5. The van der Waals surface area contributed by atoms with E-state index in [-0.39, 0.29) is 6.42 Å². The lowest BCUT2D eigenvalue weighted by atomic mass is 10.1. The summed E-state index contributed by atoms with van der Waals surface area (Å²) in [5.74, 6) is 0.293. The van der Waals surface area contributed by atoms with Crippen molar-refractivity contribution in [1.82, 2.24) is 0 Å². The van der Waals surface area contributed by atoms with Crippen molar-refractivity contribution in [1.29, 1.82) is 5.26 Å². The Morgan fingerprint density at radius 3 is 2.50 bits per heavy atom. The summed E-state index contributed by atoms with van der Waals surface area (Å²) in [5, 5.41) is 13.6. The highest BCUT2D eigenvalue weighted by Gasteiger charge is 2.12.